The number of rotatable bonds is 8. The van der Waals surface area contributed by atoms with Gasteiger partial charge in [0.05, 0.1) is 6.54 Å². The van der Waals surface area contributed by atoms with Crippen molar-refractivity contribution in [1.82, 2.24) is 15.1 Å². The van der Waals surface area contributed by atoms with Crippen molar-refractivity contribution in [2.45, 2.75) is 32.9 Å². The molecule has 0 aliphatic carbocycles. The number of hydrogen-bond donors (Lipinski definition) is 1. The molecule has 1 heterocycles. The molecule has 1 aromatic carbocycles. The summed E-state index contributed by atoms with van der Waals surface area (Å²) in [5.74, 6) is -0.237. The third-order valence-electron chi connectivity index (χ3n) is 4.42. The summed E-state index contributed by atoms with van der Waals surface area (Å²) in [6, 6.07) is 10.3. The maximum atomic E-state index is 12.3. The molecule has 138 valence electrons. The second-order valence-corrected chi connectivity index (χ2v) is 6.21. The van der Waals surface area contributed by atoms with Gasteiger partial charge in [0.2, 0.25) is 11.8 Å². The van der Waals surface area contributed by atoms with E-state index in [1.165, 1.54) is 5.56 Å². The molecular weight excluding hydrogens is 318 g/mol. The van der Waals surface area contributed by atoms with Crippen LogP contribution in [0, 0.1) is 0 Å². The fraction of sp³-hybridized carbons (Fsp3) is 0.579. The van der Waals surface area contributed by atoms with E-state index in [0.29, 0.717) is 26.1 Å². The smallest absolute Gasteiger partial charge is 0.249 e. The molecule has 0 radical (unpaired) electrons. The van der Waals surface area contributed by atoms with Gasteiger partial charge >= 0.3 is 0 Å². The minimum Gasteiger partial charge on any atom is -0.369 e. The fourth-order valence-electron chi connectivity index (χ4n) is 2.97. The number of piperazine rings is 1. The molecule has 1 fully saturated rings. The van der Waals surface area contributed by atoms with Gasteiger partial charge in [-0.1, -0.05) is 37.3 Å². The highest BCUT2D eigenvalue weighted by molar-refractivity contribution is 5.86. The molecule has 1 saturated heterocycles. The number of carbonyl (C=O) groups excluding carboxylic acids is 2. The standard InChI is InChI=1S/C19H29N3O3/c1-3-17(25-4-2)19(24)20-14-18(23)22-12-10-21(11-13-22)15-16-8-6-5-7-9-16/h5-9,17H,3-4,10-15H2,1-2H3,(H,20,24)/t17-/m1/s1. The Balaban J connectivity index is 1.71. The topological polar surface area (TPSA) is 61.9 Å². The van der Waals surface area contributed by atoms with Crippen LogP contribution in [0.25, 0.3) is 0 Å². The van der Waals surface area contributed by atoms with Gasteiger partial charge in [0.25, 0.3) is 0 Å². The molecule has 6 heteroatoms. The van der Waals surface area contributed by atoms with Crippen molar-refractivity contribution in [3.63, 3.8) is 0 Å². The van der Waals surface area contributed by atoms with Crippen LogP contribution in [0.4, 0.5) is 0 Å². The van der Waals surface area contributed by atoms with Crippen molar-refractivity contribution in [3.8, 4) is 0 Å². The normalized spacial score (nSPS) is 16.5. The maximum absolute atomic E-state index is 12.3. The molecule has 2 rings (SSSR count). The third-order valence-corrected chi connectivity index (χ3v) is 4.42. The van der Waals surface area contributed by atoms with E-state index in [2.05, 4.69) is 22.3 Å². The summed E-state index contributed by atoms with van der Waals surface area (Å²) < 4.78 is 5.36. The number of amides is 2. The molecular formula is C19H29N3O3. The summed E-state index contributed by atoms with van der Waals surface area (Å²) in [5.41, 5.74) is 1.29. The van der Waals surface area contributed by atoms with Crippen molar-refractivity contribution in [3.05, 3.63) is 35.9 Å². The Morgan fingerprint density at radius 3 is 2.40 bits per heavy atom. The first-order valence-corrected chi connectivity index (χ1v) is 9.07. The van der Waals surface area contributed by atoms with Crippen LogP contribution in [0.5, 0.6) is 0 Å². The van der Waals surface area contributed by atoms with Gasteiger partial charge in [-0.05, 0) is 18.9 Å². The number of ether oxygens (including phenoxy) is 1. The molecule has 0 aromatic heterocycles. The summed E-state index contributed by atoms with van der Waals surface area (Å²) in [4.78, 5) is 28.4. The number of nitrogens with zero attached hydrogens (tertiary/aromatic N) is 2. The van der Waals surface area contributed by atoms with E-state index in [4.69, 9.17) is 4.74 Å². The molecule has 0 spiro atoms. The lowest BCUT2D eigenvalue weighted by Gasteiger charge is -2.34. The van der Waals surface area contributed by atoms with E-state index in [0.717, 1.165) is 19.6 Å². The van der Waals surface area contributed by atoms with Gasteiger partial charge in [-0.15, -0.1) is 0 Å². The van der Waals surface area contributed by atoms with Crippen LogP contribution in [0.2, 0.25) is 0 Å². The highest BCUT2D eigenvalue weighted by Crippen LogP contribution is 2.08. The van der Waals surface area contributed by atoms with E-state index in [-0.39, 0.29) is 18.4 Å². The summed E-state index contributed by atoms with van der Waals surface area (Å²) in [5, 5.41) is 2.70. The first-order chi connectivity index (χ1) is 12.1. The Morgan fingerprint density at radius 2 is 1.80 bits per heavy atom. The molecule has 1 aromatic rings. The molecule has 0 bridgehead atoms. The Morgan fingerprint density at radius 1 is 1.12 bits per heavy atom. The summed E-state index contributed by atoms with van der Waals surface area (Å²) in [6.07, 6.45) is 0.131. The van der Waals surface area contributed by atoms with E-state index in [9.17, 15) is 9.59 Å². The zero-order valence-electron chi connectivity index (χ0n) is 15.2. The molecule has 6 nitrogen and oxygen atoms in total. The zero-order chi connectivity index (χ0) is 18.1. The first kappa shape index (κ1) is 19.4. The Hall–Kier alpha value is -1.92. The van der Waals surface area contributed by atoms with Crippen LogP contribution in [-0.2, 0) is 20.9 Å². The Kier molecular flexibility index (Phi) is 7.88. The van der Waals surface area contributed by atoms with Gasteiger partial charge in [0, 0.05) is 39.3 Å². The van der Waals surface area contributed by atoms with Crippen molar-refractivity contribution < 1.29 is 14.3 Å². The van der Waals surface area contributed by atoms with Gasteiger partial charge in [-0.3, -0.25) is 14.5 Å². The van der Waals surface area contributed by atoms with Crippen molar-refractivity contribution >= 4 is 11.8 Å². The van der Waals surface area contributed by atoms with E-state index < -0.39 is 6.10 Å². The first-order valence-electron chi connectivity index (χ1n) is 9.07. The van der Waals surface area contributed by atoms with Crippen LogP contribution >= 0.6 is 0 Å². The van der Waals surface area contributed by atoms with Gasteiger partial charge in [0.15, 0.2) is 0 Å². The second-order valence-electron chi connectivity index (χ2n) is 6.21. The molecule has 1 N–H and O–H groups in total. The summed E-state index contributed by atoms with van der Waals surface area (Å²) in [6.45, 7) is 8.30. The molecule has 0 saturated carbocycles. The van der Waals surface area contributed by atoms with Gasteiger partial charge in [-0.2, -0.15) is 0 Å². The fourth-order valence-corrected chi connectivity index (χ4v) is 2.97. The van der Waals surface area contributed by atoms with Crippen LogP contribution in [-0.4, -0.2) is 67.0 Å². The quantitative estimate of drug-likeness (QED) is 0.769. The Labute approximate surface area is 150 Å². The average molecular weight is 347 g/mol. The number of hydrogen-bond acceptors (Lipinski definition) is 4. The molecule has 2 amide bonds. The maximum Gasteiger partial charge on any atom is 0.249 e. The lowest BCUT2D eigenvalue weighted by atomic mass is 10.2. The highest BCUT2D eigenvalue weighted by Gasteiger charge is 2.22. The van der Waals surface area contributed by atoms with Crippen LogP contribution in [0.15, 0.2) is 30.3 Å². The van der Waals surface area contributed by atoms with Crippen molar-refractivity contribution in [1.29, 1.82) is 0 Å². The Bertz CT molecular complexity index is 542. The van der Waals surface area contributed by atoms with Crippen molar-refractivity contribution in [2.75, 3.05) is 39.3 Å². The molecule has 0 unspecified atom stereocenters. The molecule has 1 atom stereocenters. The monoisotopic (exact) mass is 347 g/mol. The molecule has 1 aliphatic heterocycles. The van der Waals surface area contributed by atoms with E-state index in [1.807, 2.05) is 36.9 Å². The molecule has 25 heavy (non-hydrogen) atoms. The number of carbonyl (C=O) groups is 2. The molecule has 1 aliphatic rings. The van der Waals surface area contributed by atoms with Gasteiger partial charge in [0.1, 0.15) is 6.10 Å². The van der Waals surface area contributed by atoms with E-state index in [1.54, 1.807) is 0 Å². The summed E-state index contributed by atoms with van der Waals surface area (Å²) >= 11 is 0. The average Bonchev–Trinajstić information content (AvgIpc) is 2.65. The van der Waals surface area contributed by atoms with Crippen LogP contribution < -0.4 is 5.32 Å². The number of nitrogens with one attached hydrogen (secondary N) is 1. The predicted octanol–water partition coefficient (Wildman–Crippen LogP) is 1.26. The SMILES string of the molecule is CCO[C@H](CC)C(=O)NCC(=O)N1CCN(Cc2ccccc2)CC1. The van der Waals surface area contributed by atoms with Crippen molar-refractivity contribution in [2.24, 2.45) is 0 Å². The lowest BCUT2D eigenvalue weighted by molar-refractivity contribution is -0.138. The minimum absolute atomic E-state index is 0.0286. The third kappa shape index (κ3) is 6.14. The number of benzene rings is 1. The lowest BCUT2D eigenvalue weighted by Crippen LogP contribution is -2.51. The van der Waals surface area contributed by atoms with Gasteiger partial charge < -0.3 is 15.0 Å². The van der Waals surface area contributed by atoms with Gasteiger partial charge in [-0.25, -0.2) is 0 Å². The summed E-state index contributed by atoms with van der Waals surface area (Å²) in [7, 11) is 0. The van der Waals surface area contributed by atoms with Crippen LogP contribution in [0.1, 0.15) is 25.8 Å². The zero-order valence-corrected chi connectivity index (χ0v) is 15.2. The van der Waals surface area contributed by atoms with Crippen LogP contribution in [0.3, 0.4) is 0 Å². The second kappa shape index (κ2) is 10.2. The largest absolute Gasteiger partial charge is 0.369 e. The predicted molar refractivity (Wildman–Crippen MR) is 97.0 cm³/mol. The minimum atomic E-state index is -0.472. The highest BCUT2D eigenvalue weighted by atomic mass is 16.5. The van der Waals surface area contributed by atoms with E-state index >= 15 is 0 Å².